The van der Waals surface area contributed by atoms with Gasteiger partial charge in [0.2, 0.25) is 0 Å². The van der Waals surface area contributed by atoms with Gasteiger partial charge in [0, 0.05) is 5.56 Å². The first-order valence-corrected chi connectivity index (χ1v) is 9.35. The van der Waals surface area contributed by atoms with Gasteiger partial charge in [-0.05, 0) is 80.8 Å². The van der Waals surface area contributed by atoms with Crippen molar-refractivity contribution in [3.05, 3.63) is 29.1 Å². The first kappa shape index (κ1) is 15.6. The third-order valence-corrected chi connectivity index (χ3v) is 6.73. The summed E-state index contributed by atoms with van der Waals surface area (Å²) < 4.78 is 35.9. The minimum Gasteiger partial charge on any atom is -0.489 e. The van der Waals surface area contributed by atoms with Gasteiger partial charge in [0.15, 0.2) is 0 Å². The zero-order valence-corrected chi connectivity index (χ0v) is 14.0. The van der Waals surface area contributed by atoms with Crippen molar-refractivity contribution in [1.29, 1.82) is 0 Å². The standard InChI is InChI=1S/C20H22F2O3/c21-17-14(19(23)24)3-4-15(16(17)11-1-2-11)25-18-12-5-10-6-13(18)9-20(22,7-10)8-12/h3-4,10-13,18H,1-2,5-9H2,(H,23,24). The predicted molar refractivity (Wildman–Crippen MR) is 87.1 cm³/mol. The summed E-state index contributed by atoms with van der Waals surface area (Å²) in [5.74, 6) is -0.500. The Labute approximate surface area is 145 Å². The summed E-state index contributed by atoms with van der Waals surface area (Å²) in [4.78, 5) is 11.2. The van der Waals surface area contributed by atoms with Crippen molar-refractivity contribution < 1.29 is 23.4 Å². The van der Waals surface area contributed by atoms with E-state index in [1.165, 1.54) is 6.07 Å². The van der Waals surface area contributed by atoms with E-state index in [-0.39, 0.29) is 29.4 Å². The third kappa shape index (κ3) is 2.46. The Balaban J connectivity index is 1.47. The number of hydrogen-bond acceptors (Lipinski definition) is 2. The van der Waals surface area contributed by atoms with Gasteiger partial charge in [-0.1, -0.05) is 0 Å². The van der Waals surface area contributed by atoms with Crippen molar-refractivity contribution in [1.82, 2.24) is 0 Å². The van der Waals surface area contributed by atoms with Crippen LogP contribution in [0.5, 0.6) is 5.75 Å². The van der Waals surface area contributed by atoms with E-state index in [1.54, 1.807) is 6.07 Å². The lowest BCUT2D eigenvalue weighted by atomic mass is 9.53. The summed E-state index contributed by atoms with van der Waals surface area (Å²) in [5, 5.41) is 9.18. The van der Waals surface area contributed by atoms with E-state index in [9.17, 15) is 18.7 Å². The highest BCUT2D eigenvalue weighted by molar-refractivity contribution is 5.88. The molecule has 0 aromatic heterocycles. The molecule has 2 atom stereocenters. The highest BCUT2D eigenvalue weighted by Crippen LogP contribution is 2.58. The van der Waals surface area contributed by atoms with E-state index in [1.807, 2.05) is 0 Å². The monoisotopic (exact) mass is 348 g/mol. The minimum absolute atomic E-state index is 0.0543. The van der Waals surface area contributed by atoms with Gasteiger partial charge in [0.05, 0.1) is 5.56 Å². The lowest BCUT2D eigenvalue weighted by Gasteiger charge is -2.56. The van der Waals surface area contributed by atoms with Crippen LogP contribution in [0, 0.1) is 23.6 Å². The molecule has 134 valence electrons. The summed E-state index contributed by atoms with van der Waals surface area (Å²) in [6, 6.07) is 2.90. The second-order valence-corrected chi connectivity index (χ2v) is 8.62. The van der Waals surface area contributed by atoms with Crippen LogP contribution in [-0.2, 0) is 0 Å². The van der Waals surface area contributed by atoms with Gasteiger partial charge >= 0.3 is 5.97 Å². The van der Waals surface area contributed by atoms with Crippen LogP contribution in [-0.4, -0.2) is 22.8 Å². The molecule has 0 radical (unpaired) electrons. The molecule has 5 aliphatic carbocycles. The van der Waals surface area contributed by atoms with Crippen molar-refractivity contribution in [2.45, 2.75) is 62.6 Å². The Morgan fingerprint density at radius 1 is 1.16 bits per heavy atom. The van der Waals surface area contributed by atoms with Crippen LogP contribution in [0.2, 0.25) is 0 Å². The summed E-state index contributed by atoms with van der Waals surface area (Å²) >= 11 is 0. The highest BCUT2D eigenvalue weighted by Gasteiger charge is 2.57. The van der Waals surface area contributed by atoms with Crippen LogP contribution < -0.4 is 4.74 Å². The summed E-state index contributed by atoms with van der Waals surface area (Å²) in [5.41, 5.74) is -0.889. The Kier molecular flexibility index (Phi) is 3.23. The molecule has 5 heteroatoms. The smallest absolute Gasteiger partial charge is 0.338 e. The van der Waals surface area contributed by atoms with Gasteiger partial charge < -0.3 is 9.84 Å². The topological polar surface area (TPSA) is 46.5 Å². The number of halogens is 2. The number of ether oxygens (including phenoxy) is 1. The second-order valence-electron chi connectivity index (χ2n) is 8.62. The van der Waals surface area contributed by atoms with Gasteiger partial charge in [-0.25, -0.2) is 13.6 Å². The minimum atomic E-state index is -1.25. The molecule has 0 heterocycles. The third-order valence-electron chi connectivity index (χ3n) is 6.73. The fraction of sp³-hybridized carbons (Fsp3) is 0.650. The largest absolute Gasteiger partial charge is 0.489 e. The summed E-state index contributed by atoms with van der Waals surface area (Å²) in [6.07, 6.45) is 5.48. The van der Waals surface area contributed by atoms with E-state index in [4.69, 9.17) is 4.74 Å². The molecule has 0 saturated heterocycles. The van der Waals surface area contributed by atoms with E-state index in [0.717, 1.165) is 25.7 Å². The fourth-order valence-electron chi connectivity index (χ4n) is 5.81. The van der Waals surface area contributed by atoms with Gasteiger partial charge in [-0.15, -0.1) is 0 Å². The highest BCUT2D eigenvalue weighted by atomic mass is 19.1. The molecule has 4 bridgehead atoms. The van der Waals surface area contributed by atoms with Crippen LogP contribution in [0.1, 0.15) is 66.8 Å². The quantitative estimate of drug-likeness (QED) is 0.858. The Hall–Kier alpha value is -1.65. The van der Waals surface area contributed by atoms with Crippen molar-refractivity contribution in [2.24, 2.45) is 17.8 Å². The molecule has 5 fully saturated rings. The molecule has 0 amide bonds. The first-order chi connectivity index (χ1) is 11.9. The molecule has 5 saturated carbocycles. The molecule has 5 aliphatic rings. The van der Waals surface area contributed by atoms with E-state index in [2.05, 4.69) is 0 Å². The molecular weight excluding hydrogens is 326 g/mol. The molecule has 1 N–H and O–H groups in total. The number of alkyl halides is 1. The SMILES string of the molecule is O=C(O)c1ccc(OC2C3CC4CC2CC(F)(C4)C3)c(C2CC2)c1F. The Morgan fingerprint density at radius 3 is 2.40 bits per heavy atom. The molecular formula is C20H22F2O3. The number of aromatic carboxylic acids is 1. The summed E-state index contributed by atoms with van der Waals surface area (Å²) in [7, 11) is 0. The number of carbonyl (C=O) groups is 1. The molecule has 25 heavy (non-hydrogen) atoms. The second kappa shape index (κ2) is 5.18. The fourth-order valence-corrected chi connectivity index (χ4v) is 5.81. The number of carboxylic acid groups (broad SMARTS) is 1. The predicted octanol–water partition coefficient (Wildman–Crippen LogP) is 4.70. The normalized spacial score (nSPS) is 38.8. The maximum absolute atomic E-state index is 14.8. The maximum atomic E-state index is 14.8. The number of hydrogen-bond donors (Lipinski definition) is 1. The van der Waals surface area contributed by atoms with Gasteiger partial charge in [0.1, 0.15) is 23.3 Å². The lowest BCUT2D eigenvalue weighted by Crippen LogP contribution is -2.56. The molecule has 1 aromatic rings. The van der Waals surface area contributed by atoms with E-state index in [0.29, 0.717) is 36.5 Å². The molecule has 3 nitrogen and oxygen atoms in total. The van der Waals surface area contributed by atoms with Gasteiger partial charge in [-0.2, -0.15) is 0 Å². The van der Waals surface area contributed by atoms with Crippen LogP contribution in [0.3, 0.4) is 0 Å². The van der Waals surface area contributed by atoms with E-state index < -0.39 is 17.5 Å². The molecule has 6 rings (SSSR count). The van der Waals surface area contributed by atoms with Crippen LogP contribution in [0.25, 0.3) is 0 Å². The van der Waals surface area contributed by atoms with Crippen LogP contribution >= 0.6 is 0 Å². The van der Waals surface area contributed by atoms with Crippen molar-refractivity contribution in [3.63, 3.8) is 0 Å². The zero-order chi connectivity index (χ0) is 17.3. The molecule has 2 unspecified atom stereocenters. The molecule has 1 aromatic carbocycles. The average Bonchev–Trinajstić information content (AvgIpc) is 3.33. The molecule has 0 spiro atoms. The summed E-state index contributed by atoms with van der Waals surface area (Å²) in [6.45, 7) is 0. The van der Waals surface area contributed by atoms with Crippen molar-refractivity contribution in [2.75, 3.05) is 0 Å². The average molecular weight is 348 g/mol. The van der Waals surface area contributed by atoms with Crippen LogP contribution in [0.4, 0.5) is 8.78 Å². The maximum Gasteiger partial charge on any atom is 0.338 e. The zero-order valence-electron chi connectivity index (χ0n) is 14.0. The number of rotatable bonds is 4. The van der Waals surface area contributed by atoms with Gasteiger partial charge in [-0.3, -0.25) is 0 Å². The van der Waals surface area contributed by atoms with Crippen molar-refractivity contribution >= 4 is 5.97 Å². The Morgan fingerprint density at radius 2 is 1.84 bits per heavy atom. The molecule has 0 aliphatic heterocycles. The first-order valence-electron chi connectivity index (χ1n) is 9.35. The van der Waals surface area contributed by atoms with Crippen LogP contribution in [0.15, 0.2) is 12.1 Å². The lowest BCUT2D eigenvalue weighted by molar-refractivity contribution is -0.134. The Bertz CT molecular complexity index is 727. The van der Waals surface area contributed by atoms with E-state index >= 15 is 0 Å². The number of benzene rings is 1. The number of carboxylic acids is 1. The van der Waals surface area contributed by atoms with Gasteiger partial charge in [0.25, 0.3) is 0 Å². The van der Waals surface area contributed by atoms with Crippen molar-refractivity contribution in [3.8, 4) is 5.75 Å².